The highest BCUT2D eigenvalue weighted by atomic mass is 16.3. The lowest BCUT2D eigenvalue weighted by Gasteiger charge is -2.17. The van der Waals surface area contributed by atoms with Crippen molar-refractivity contribution in [2.24, 2.45) is 5.41 Å². The molecule has 2 N–H and O–H groups in total. The Morgan fingerprint density at radius 3 is 2.75 bits per heavy atom. The Morgan fingerprint density at radius 1 is 1.50 bits per heavy atom. The van der Waals surface area contributed by atoms with Crippen molar-refractivity contribution in [3.63, 3.8) is 0 Å². The third-order valence-electron chi connectivity index (χ3n) is 1.99. The van der Waals surface area contributed by atoms with Gasteiger partial charge in [-0.25, -0.2) is 4.98 Å². The van der Waals surface area contributed by atoms with Crippen molar-refractivity contribution in [1.82, 2.24) is 10.3 Å². The van der Waals surface area contributed by atoms with Gasteiger partial charge in [-0.15, -0.1) is 0 Å². The topological polar surface area (TPSA) is 62.2 Å². The van der Waals surface area contributed by atoms with Crippen LogP contribution in [0.4, 0.5) is 0 Å². The molecule has 0 aliphatic heterocycles. The number of carbonyl (C=O) groups is 1. The van der Waals surface area contributed by atoms with Crippen LogP contribution in [0.5, 0.6) is 5.88 Å². The molecule has 4 nitrogen and oxygen atoms in total. The number of nitrogens with zero attached hydrogens (tertiary/aromatic N) is 1. The van der Waals surface area contributed by atoms with Crippen molar-refractivity contribution < 1.29 is 9.90 Å². The lowest BCUT2D eigenvalue weighted by molar-refractivity contribution is -0.122. The maximum Gasteiger partial charge on any atom is 0.220 e. The monoisotopic (exact) mass is 222 g/mol. The number of pyridine rings is 1. The second-order valence-electron chi connectivity index (χ2n) is 5.04. The van der Waals surface area contributed by atoms with Crippen molar-refractivity contribution in [3.8, 4) is 5.88 Å². The fourth-order valence-electron chi connectivity index (χ4n) is 1.32. The van der Waals surface area contributed by atoms with Crippen LogP contribution in [0.1, 0.15) is 32.8 Å². The molecule has 1 heterocycles. The van der Waals surface area contributed by atoms with Crippen molar-refractivity contribution in [3.05, 3.63) is 23.9 Å². The summed E-state index contributed by atoms with van der Waals surface area (Å²) >= 11 is 0. The number of aromatic hydroxyl groups is 1. The molecule has 16 heavy (non-hydrogen) atoms. The maximum atomic E-state index is 11.5. The Labute approximate surface area is 95.7 Å². The van der Waals surface area contributed by atoms with E-state index in [4.69, 9.17) is 5.11 Å². The summed E-state index contributed by atoms with van der Waals surface area (Å²) in [7, 11) is 0. The zero-order valence-corrected chi connectivity index (χ0v) is 9.95. The molecule has 0 saturated carbocycles. The number of hydrogen-bond donors (Lipinski definition) is 2. The normalized spacial score (nSPS) is 11.2. The first-order valence-electron chi connectivity index (χ1n) is 5.27. The highest BCUT2D eigenvalue weighted by Gasteiger charge is 2.15. The second-order valence-corrected chi connectivity index (χ2v) is 5.04. The van der Waals surface area contributed by atoms with Gasteiger partial charge in [0.2, 0.25) is 11.8 Å². The molecule has 1 aromatic rings. The van der Waals surface area contributed by atoms with E-state index in [1.807, 2.05) is 20.8 Å². The van der Waals surface area contributed by atoms with Crippen molar-refractivity contribution in [1.29, 1.82) is 0 Å². The summed E-state index contributed by atoms with van der Waals surface area (Å²) in [5, 5.41) is 11.9. The van der Waals surface area contributed by atoms with E-state index in [-0.39, 0.29) is 17.2 Å². The minimum absolute atomic E-state index is 0.00946. The van der Waals surface area contributed by atoms with Crippen LogP contribution in [0, 0.1) is 5.41 Å². The zero-order valence-electron chi connectivity index (χ0n) is 9.95. The largest absolute Gasteiger partial charge is 0.493 e. The molecular weight excluding hydrogens is 204 g/mol. The Kier molecular flexibility index (Phi) is 3.88. The summed E-state index contributed by atoms with van der Waals surface area (Å²) in [5.41, 5.74) is 0.833. The fourth-order valence-corrected chi connectivity index (χ4v) is 1.32. The first-order chi connectivity index (χ1) is 7.37. The van der Waals surface area contributed by atoms with Gasteiger partial charge in [-0.05, 0) is 17.0 Å². The molecule has 1 rings (SSSR count). The van der Waals surface area contributed by atoms with Gasteiger partial charge in [0.1, 0.15) is 0 Å². The third-order valence-corrected chi connectivity index (χ3v) is 1.99. The molecule has 0 saturated heterocycles. The fraction of sp³-hybridized carbons (Fsp3) is 0.500. The van der Waals surface area contributed by atoms with Gasteiger partial charge in [0, 0.05) is 25.2 Å². The molecular formula is C12H18N2O2. The minimum Gasteiger partial charge on any atom is -0.493 e. The summed E-state index contributed by atoms with van der Waals surface area (Å²) in [6, 6.07) is 3.30. The third kappa shape index (κ3) is 4.77. The lowest BCUT2D eigenvalue weighted by Crippen LogP contribution is -2.27. The molecule has 0 aliphatic carbocycles. The zero-order chi connectivity index (χ0) is 12.2. The molecule has 0 fully saturated rings. The van der Waals surface area contributed by atoms with E-state index in [0.29, 0.717) is 13.0 Å². The van der Waals surface area contributed by atoms with E-state index < -0.39 is 0 Å². The van der Waals surface area contributed by atoms with Gasteiger partial charge in [-0.2, -0.15) is 0 Å². The molecule has 4 heteroatoms. The van der Waals surface area contributed by atoms with Gasteiger partial charge in [0.25, 0.3) is 0 Å². The average Bonchev–Trinajstić information content (AvgIpc) is 2.12. The summed E-state index contributed by atoms with van der Waals surface area (Å²) in [6.07, 6.45) is 2.00. The summed E-state index contributed by atoms with van der Waals surface area (Å²) in [6.45, 7) is 6.48. The number of nitrogens with one attached hydrogen (secondary N) is 1. The molecule has 88 valence electrons. The molecule has 0 unspecified atom stereocenters. The number of carbonyl (C=O) groups excluding carboxylic acids is 1. The molecule has 1 amide bonds. The smallest absolute Gasteiger partial charge is 0.220 e. The van der Waals surface area contributed by atoms with Crippen molar-refractivity contribution >= 4 is 5.91 Å². The highest BCUT2D eigenvalue weighted by Crippen LogP contribution is 2.18. The number of hydrogen-bond acceptors (Lipinski definition) is 3. The highest BCUT2D eigenvalue weighted by molar-refractivity contribution is 5.76. The van der Waals surface area contributed by atoms with Crippen LogP contribution < -0.4 is 5.32 Å². The number of amides is 1. The van der Waals surface area contributed by atoms with Gasteiger partial charge in [-0.3, -0.25) is 4.79 Å². The standard InChI is InChI=1S/C12H18N2O2/c1-12(2,3)7-11(16)14-8-9-4-5-13-10(15)6-9/h4-6H,7-8H2,1-3H3,(H,13,15)(H,14,16). The van der Waals surface area contributed by atoms with Crippen LogP contribution in [0.3, 0.4) is 0 Å². The van der Waals surface area contributed by atoms with Gasteiger partial charge in [0.15, 0.2) is 0 Å². The summed E-state index contributed by atoms with van der Waals surface area (Å²) in [5.74, 6) is -0.00799. The van der Waals surface area contributed by atoms with Gasteiger partial charge in [0.05, 0.1) is 0 Å². The van der Waals surface area contributed by atoms with Crippen LogP contribution in [0.2, 0.25) is 0 Å². The molecule has 0 atom stereocenters. The van der Waals surface area contributed by atoms with E-state index >= 15 is 0 Å². The molecule has 0 aromatic carbocycles. The van der Waals surface area contributed by atoms with Crippen LogP contribution in [-0.4, -0.2) is 16.0 Å². The lowest BCUT2D eigenvalue weighted by atomic mass is 9.92. The van der Waals surface area contributed by atoms with Crippen LogP contribution in [0.25, 0.3) is 0 Å². The van der Waals surface area contributed by atoms with Crippen molar-refractivity contribution in [2.45, 2.75) is 33.7 Å². The van der Waals surface area contributed by atoms with E-state index in [9.17, 15) is 4.79 Å². The summed E-state index contributed by atoms with van der Waals surface area (Å²) < 4.78 is 0. The predicted octanol–water partition coefficient (Wildman–Crippen LogP) is 1.84. The van der Waals surface area contributed by atoms with E-state index in [1.165, 1.54) is 12.3 Å². The SMILES string of the molecule is CC(C)(C)CC(=O)NCc1ccnc(O)c1. The Morgan fingerprint density at radius 2 is 2.19 bits per heavy atom. The van der Waals surface area contributed by atoms with Gasteiger partial charge >= 0.3 is 0 Å². The molecule has 1 aromatic heterocycles. The second kappa shape index (κ2) is 4.96. The first-order valence-corrected chi connectivity index (χ1v) is 5.27. The minimum atomic E-state index is -0.0254. The van der Waals surface area contributed by atoms with Gasteiger partial charge in [-0.1, -0.05) is 20.8 Å². The van der Waals surface area contributed by atoms with E-state index in [2.05, 4.69) is 10.3 Å². The Hall–Kier alpha value is -1.58. The Bertz CT molecular complexity index is 370. The van der Waals surface area contributed by atoms with Crippen LogP contribution in [-0.2, 0) is 11.3 Å². The predicted molar refractivity (Wildman–Crippen MR) is 61.8 cm³/mol. The van der Waals surface area contributed by atoms with E-state index in [0.717, 1.165) is 5.56 Å². The molecule has 0 spiro atoms. The van der Waals surface area contributed by atoms with Gasteiger partial charge < -0.3 is 10.4 Å². The van der Waals surface area contributed by atoms with Crippen LogP contribution >= 0.6 is 0 Å². The summed E-state index contributed by atoms with van der Waals surface area (Å²) in [4.78, 5) is 15.2. The quantitative estimate of drug-likeness (QED) is 0.820. The molecule has 0 radical (unpaired) electrons. The molecule has 0 bridgehead atoms. The number of rotatable bonds is 3. The van der Waals surface area contributed by atoms with Crippen LogP contribution in [0.15, 0.2) is 18.3 Å². The Balaban J connectivity index is 2.43. The van der Waals surface area contributed by atoms with Crippen molar-refractivity contribution in [2.75, 3.05) is 0 Å². The van der Waals surface area contributed by atoms with E-state index in [1.54, 1.807) is 6.07 Å². The number of aromatic nitrogens is 1. The first kappa shape index (κ1) is 12.5. The average molecular weight is 222 g/mol. The molecule has 0 aliphatic rings. The maximum absolute atomic E-state index is 11.5.